The third-order valence-corrected chi connectivity index (χ3v) is 6.93. The van der Waals surface area contributed by atoms with Crippen LogP contribution in [0, 0.1) is 6.92 Å². The van der Waals surface area contributed by atoms with Gasteiger partial charge >= 0.3 is 0 Å². The van der Waals surface area contributed by atoms with Crippen LogP contribution in [0.2, 0.25) is 0 Å². The molecule has 1 aromatic heterocycles. The van der Waals surface area contributed by atoms with Crippen molar-refractivity contribution in [2.45, 2.75) is 17.7 Å². The molecule has 0 amide bonds. The van der Waals surface area contributed by atoms with Gasteiger partial charge in [-0.1, -0.05) is 18.2 Å². The molecule has 2 heterocycles. The van der Waals surface area contributed by atoms with E-state index in [9.17, 15) is 8.42 Å². The second-order valence-corrected chi connectivity index (χ2v) is 8.69. The minimum atomic E-state index is -3.48. The zero-order chi connectivity index (χ0) is 15.0. The molecule has 0 spiro atoms. The Labute approximate surface area is 129 Å². The summed E-state index contributed by atoms with van der Waals surface area (Å²) >= 11 is 1.33. The number of sulfonamides is 1. The molecule has 1 aliphatic rings. The van der Waals surface area contributed by atoms with Crippen molar-refractivity contribution in [1.29, 1.82) is 0 Å². The number of rotatable bonds is 2. The Kier molecular flexibility index (Phi) is 3.77. The predicted octanol–water partition coefficient (Wildman–Crippen LogP) is 2.70. The lowest BCUT2D eigenvalue weighted by Gasteiger charge is -2.23. The maximum Gasteiger partial charge on any atom is 0.273 e. The van der Waals surface area contributed by atoms with Crippen LogP contribution < -0.4 is 4.31 Å². The molecular formula is C15H18N2O2S2. The maximum absolute atomic E-state index is 12.9. The number of para-hydroxylation sites is 1. The van der Waals surface area contributed by atoms with Crippen molar-refractivity contribution in [2.75, 3.05) is 24.4 Å². The van der Waals surface area contributed by atoms with E-state index in [1.807, 2.05) is 44.3 Å². The van der Waals surface area contributed by atoms with Crippen molar-refractivity contribution < 1.29 is 8.42 Å². The van der Waals surface area contributed by atoms with Crippen LogP contribution in [-0.4, -0.2) is 33.5 Å². The summed E-state index contributed by atoms with van der Waals surface area (Å²) in [6, 6.07) is 11.3. The number of likely N-dealkylation sites (N-methyl/N-ethyl adjacent to an activating group) is 1. The highest BCUT2D eigenvalue weighted by Crippen LogP contribution is 2.32. The molecule has 4 nitrogen and oxygen atoms in total. The van der Waals surface area contributed by atoms with Gasteiger partial charge in [0.25, 0.3) is 10.0 Å². The van der Waals surface area contributed by atoms with Crippen LogP contribution in [0.5, 0.6) is 0 Å². The van der Waals surface area contributed by atoms with E-state index in [1.54, 1.807) is 10.4 Å². The molecule has 0 radical (unpaired) electrons. The Balaban J connectivity index is 2.09. The second-order valence-electron chi connectivity index (χ2n) is 5.31. The summed E-state index contributed by atoms with van der Waals surface area (Å²) in [7, 11) is -1.46. The lowest BCUT2D eigenvalue weighted by molar-refractivity contribution is 0.344. The first-order valence-corrected chi connectivity index (χ1v) is 9.10. The van der Waals surface area contributed by atoms with Gasteiger partial charge in [0.05, 0.1) is 5.69 Å². The third kappa shape index (κ3) is 2.71. The number of nitrogens with zero attached hydrogens (tertiary/aromatic N) is 2. The summed E-state index contributed by atoms with van der Waals surface area (Å²) in [5.74, 6) is 0. The van der Waals surface area contributed by atoms with Crippen LogP contribution in [0.15, 0.2) is 40.6 Å². The molecule has 0 fully saturated rings. The molecule has 0 aliphatic carbocycles. The molecule has 112 valence electrons. The van der Waals surface area contributed by atoms with Gasteiger partial charge in [-0.3, -0.25) is 4.31 Å². The van der Waals surface area contributed by atoms with Crippen molar-refractivity contribution in [3.63, 3.8) is 0 Å². The van der Waals surface area contributed by atoms with Gasteiger partial charge < -0.3 is 4.90 Å². The first-order valence-electron chi connectivity index (χ1n) is 6.84. The smallest absolute Gasteiger partial charge is 0.273 e. The first-order chi connectivity index (χ1) is 9.98. The fourth-order valence-corrected chi connectivity index (χ4v) is 5.44. The highest BCUT2D eigenvalue weighted by Gasteiger charge is 2.29. The average molecular weight is 322 g/mol. The lowest BCUT2D eigenvalue weighted by Crippen LogP contribution is -2.34. The van der Waals surface area contributed by atoms with E-state index >= 15 is 0 Å². The Morgan fingerprint density at radius 3 is 2.57 bits per heavy atom. The molecule has 0 bridgehead atoms. The number of aryl methyl sites for hydroxylation is 1. The number of benzene rings is 1. The van der Waals surface area contributed by atoms with Gasteiger partial charge in [0.2, 0.25) is 0 Å². The highest BCUT2D eigenvalue weighted by atomic mass is 32.2. The quantitative estimate of drug-likeness (QED) is 0.853. The molecule has 0 N–H and O–H groups in total. The molecule has 0 saturated carbocycles. The van der Waals surface area contributed by atoms with Crippen LogP contribution in [-0.2, 0) is 16.6 Å². The van der Waals surface area contributed by atoms with E-state index < -0.39 is 10.0 Å². The van der Waals surface area contributed by atoms with Crippen LogP contribution in [0.4, 0.5) is 5.69 Å². The Morgan fingerprint density at radius 1 is 1.10 bits per heavy atom. The number of hydrogen-bond donors (Lipinski definition) is 0. The molecule has 0 atom stereocenters. The largest absolute Gasteiger partial charge is 0.300 e. The van der Waals surface area contributed by atoms with Gasteiger partial charge in [-0.25, -0.2) is 8.42 Å². The van der Waals surface area contributed by atoms with Gasteiger partial charge in [-0.2, -0.15) is 0 Å². The van der Waals surface area contributed by atoms with E-state index in [0.717, 1.165) is 29.2 Å². The number of fused-ring (bicyclic) bond motifs is 1. The lowest BCUT2D eigenvalue weighted by atomic mass is 10.2. The number of hydrogen-bond acceptors (Lipinski definition) is 4. The van der Waals surface area contributed by atoms with Crippen molar-refractivity contribution >= 4 is 27.0 Å². The summed E-state index contributed by atoms with van der Waals surface area (Å²) in [6.07, 6.45) is 0. The summed E-state index contributed by atoms with van der Waals surface area (Å²) < 4.78 is 27.8. The molecule has 1 aromatic carbocycles. The van der Waals surface area contributed by atoms with Crippen LogP contribution in [0.25, 0.3) is 0 Å². The summed E-state index contributed by atoms with van der Waals surface area (Å²) in [5.41, 5.74) is 1.85. The standard InChI is InChI=1S/C15H18N2O2S2/c1-12-7-8-15(20-12)21(18,19)17-10-9-16(2)11-13-5-3-4-6-14(13)17/h3-8H,9-11H2,1-2H3. The van der Waals surface area contributed by atoms with Gasteiger partial charge in [-0.05, 0) is 37.7 Å². The molecule has 1 aliphatic heterocycles. The van der Waals surface area contributed by atoms with Crippen LogP contribution in [0.1, 0.15) is 10.4 Å². The number of anilines is 1. The Hall–Kier alpha value is -1.37. The molecule has 3 rings (SSSR count). The third-order valence-electron chi connectivity index (χ3n) is 3.65. The minimum absolute atomic E-state index is 0.416. The average Bonchev–Trinajstić information content (AvgIpc) is 2.80. The van der Waals surface area contributed by atoms with Gasteiger partial charge in [0, 0.05) is 24.5 Å². The van der Waals surface area contributed by atoms with E-state index in [1.165, 1.54) is 11.3 Å². The van der Waals surface area contributed by atoms with Crippen molar-refractivity contribution in [2.24, 2.45) is 0 Å². The van der Waals surface area contributed by atoms with E-state index in [0.29, 0.717) is 10.8 Å². The normalized spacial score (nSPS) is 16.6. The maximum atomic E-state index is 12.9. The molecular weight excluding hydrogens is 304 g/mol. The molecule has 2 aromatic rings. The molecule has 0 saturated heterocycles. The SMILES string of the molecule is Cc1ccc(S(=O)(=O)N2CCN(C)Cc3ccccc32)s1. The van der Waals surface area contributed by atoms with Gasteiger partial charge in [-0.15, -0.1) is 11.3 Å². The Morgan fingerprint density at radius 2 is 1.86 bits per heavy atom. The van der Waals surface area contributed by atoms with Crippen molar-refractivity contribution in [1.82, 2.24) is 4.90 Å². The topological polar surface area (TPSA) is 40.6 Å². The first kappa shape index (κ1) is 14.6. The van der Waals surface area contributed by atoms with Crippen molar-refractivity contribution in [3.05, 3.63) is 46.8 Å². The molecule has 6 heteroatoms. The monoisotopic (exact) mass is 322 g/mol. The van der Waals surface area contributed by atoms with Crippen LogP contribution in [0.3, 0.4) is 0 Å². The molecule has 21 heavy (non-hydrogen) atoms. The molecule has 0 unspecified atom stereocenters. The second kappa shape index (κ2) is 5.44. The van der Waals surface area contributed by atoms with Gasteiger partial charge in [0.15, 0.2) is 0 Å². The number of thiophene rings is 1. The zero-order valence-electron chi connectivity index (χ0n) is 12.1. The van der Waals surface area contributed by atoms with E-state index in [2.05, 4.69) is 4.90 Å². The predicted molar refractivity (Wildman–Crippen MR) is 86.4 cm³/mol. The fraction of sp³-hybridized carbons (Fsp3) is 0.333. The van der Waals surface area contributed by atoms with Crippen molar-refractivity contribution in [3.8, 4) is 0 Å². The zero-order valence-corrected chi connectivity index (χ0v) is 13.7. The minimum Gasteiger partial charge on any atom is -0.300 e. The summed E-state index contributed by atoms with van der Waals surface area (Å²) in [4.78, 5) is 3.15. The highest BCUT2D eigenvalue weighted by molar-refractivity contribution is 7.94. The van der Waals surface area contributed by atoms with Crippen LogP contribution >= 0.6 is 11.3 Å². The fourth-order valence-electron chi connectivity index (χ4n) is 2.55. The summed E-state index contributed by atoms with van der Waals surface area (Å²) in [6.45, 7) is 3.89. The van der Waals surface area contributed by atoms with Gasteiger partial charge in [0.1, 0.15) is 4.21 Å². The van der Waals surface area contributed by atoms with E-state index in [-0.39, 0.29) is 0 Å². The van der Waals surface area contributed by atoms with E-state index in [4.69, 9.17) is 0 Å². The Bertz CT molecular complexity index is 753. The summed E-state index contributed by atoms with van der Waals surface area (Å²) in [5, 5.41) is 0.